The molecule has 0 aromatic carbocycles. The molecule has 1 aliphatic rings. The zero-order chi connectivity index (χ0) is 15.6. The van der Waals surface area contributed by atoms with E-state index in [9.17, 15) is 9.59 Å². The van der Waals surface area contributed by atoms with Gasteiger partial charge in [-0.25, -0.2) is 5.10 Å². The van der Waals surface area contributed by atoms with Crippen molar-refractivity contribution in [1.29, 1.82) is 0 Å². The molecule has 1 fully saturated rings. The lowest BCUT2D eigenvalue weighted by Crippen LogP contribution is -2.35. The molecule has 2 rings (SSSR count). The molecule has 122 valence electrons. The molecule has 0 unspecified atom stereocenters. The molecule has 2 N–H and O–H groups in total. The summed E-state index contributed by atoms with van der Waals surface area (Å²) in [4.78, 5) is 23.2. The molecule has 0 saturated heterocycles. The number of hydrogen-bond acceptors (Lipinski definition) is 3. The Bertz CT molecular complexity index is 480. The monoisotopic (exact) mass is 305 g/mol. The van der Waals surface area contributed by atoms with Gasteiger partial charge in [0.2, 0.25) is 0 Å². The summed E-state index contributed by atoms with van der Waals surface area (Å²) >= 11 is 0. The molecule has 1 aromatic rings. The fraction of sp³-hybridized carbons (Fsp3) is 0.706. The Kier molecular flexibility index (Phi) is 7.13. The van der Waals surface area contributed by atoms with Crippen LogP contribution in [0.5, 0.6) is 0 Å². The molecule has 0 radical (unpaired) electrons. The third kappa shape index (κ3) is 6.00. The number of rotatable bonds is 2. The van der Waals surface area contributed by atoms with Gasteiger partial charge >= 0.3 is 0 Å². The molecule has 0 atom stereocenters. The predicted octanol–water partition coefficient (Wildman–Crippen LogP) is 3.17. The van der Waals surface area contributed by atoms with Crippen LogP contribution in [0, 0.1) is 0 Å². The van der Waals surface area contributed by atoms with E-state index in [1.54, 1.807) is 0 Å². The van der Waals surface area contributed by atoms with E-state index in [1.807, 2.05) is 0 Å². The maximum Gasteiger partial charge on any atom is 0.271 e. The molecule has 5 nitrogen and oxygen atoms in total. The predicted molar refractivity (Wildman–Crippen MR) is 86.9 cm³/mol. The molecule has 0 bridgehead atoms. The fourth-order valence-electron chi connectivity index (χ4n) is 3.04. The number of carbonyl (C=O) groups excluding carboxylic acids is 1. The van der Waals surface area contributed by atoms with Crippen LogP contribution < -0.4 is 10.9 Å². The number of nitrogens with one attached hydrogen (secondary N) is 2. The number of amides is 1. The minimum Gasteiger partial charge on any atom is -0.348 e. The van der Waals surface area contributed by atoms with Gasteiger partial charge < -0.3 is 5.32 Å². The van der Waals surface area contributed by atoms with Gasteiger partial charge in [-0.15, -0.1) is 0 Å². The van der Waals surface area contributed by atoms with Crippen molar-refractivity contribution in [3.63, 3.8) is 0 Å². The SMILES string of the molecule is O=C(NC1CCCCCCCCCCC1)c1ccc(=O)[nH]n1. The maximum absolute atomic E-state index is 12.2. The number of aromatic nitrogens is 2. The largest absolute Gasteiger partial charge is 0.348 e. The lowest BCUT2D eigenvalue weighted by Gasteiger charge is -2.19. The van der Waals surface area contributed by atoms with E-state index in [0.29, 0.717) is 0 Å². The standard InChI is InChI=1S/C17H27N3O2/c21-16-13-12-15(19-20-16)17(22)18-14-10-8-6-4-2-1-3-5-7-9-11-14/h12-14H,1-11H2,(H,18,22)(H,20,21). The number of aromatic amines is 1. The van der Waals surface area contributed by atoms with Crippen LogP contribution in [0.25, 0.3) is 0 Å². The Balaban J connectivity index is 1.87. The van der Waals surface area contributed by atoms with Gasteiger partial charge in [0.1, 0.15) is 5.69 Å². The molecule has 5 heteroatoms. The van der Waals surface area contributed by atoms with Crippen molar-refractivity contribution in [2.24, 2.45) is 0 Å². The van der Waals surface area contributed by atoms with Crippen LogP contribution in [0.1, 0.15) is 81.1 Å². The first-order chi connectivity index (χ1) is 10.8. The fourth-order valence-corrected chi connectivity index (χ4v) is 3.04. The van der Waals surface area contributed by atoms with Gasteiger partial charge in [-0.3, -0.25) is 9.59 Å². The van der Waals surface area contributed by atoms with Crippen molar-refractivity contribution in [3.05, 3.63) is 28.2 Å². The Morgan fingerprint density at radius 2 is 1.50 bits per heavy atom. The van der Waals surface area contributed by atoms with Crippen molar-refractivity contribution in [2.75, 3.05) is 0 Å². The highest BCUT2D eigenvalue weighted by Crippen LogP contribution is 2.17. The maximum atomic E-state index is 12.2. The van der Waals surface area contributed by atoms with Crippen LogP contribution in [-0.4, -0.2) is 22.1 Å². The third-order valence-electron chi connectivity index (χ3n) is 4.35. The number of carbonyl (C=O) groups is 1. The second-order valence-electron chi connectivity index (χ2n) is 6.24. The minimum absolute atomic E-state index is 0.187. The summed E-state index contributed by atoms with van der Waals surface area (Å²) in [6, 6.07) is 3.03. The highest BCUT2D eigenvalue weighted by atomic mass is 16.2. The first-order valence-electron chi connectivity index (χ1n) is 8.62. The Morgan fingerprint density at radius 1 is 0.955 bits per heavy atom. The van der Waals surface area contributed by atoms with Gasteiger partial charge in [0.15, 0.2) is 0 Å². The summed E-state index contributed by atoms with van der Waals surface area (Å²) in [6.45, 7) is 0. The highest BCUT2D eigenvalue weighted by Gasteiger charge is 2.15. The van der Waals surface area contributed by atoms with Crippen molar-refractivity contribution < 1.29 is 4.79 Å². The van der Waals surface area contributed by atoms with E-state index in [0.717, 1.165) is 12.8 Å². The summed E-state index contributed by atoms with van der Waals surface area (Å²) in [7, 11) is 0. The summed E-state index contributed by atoms with van der Waals surface area (Å²) < 4.78 is 0. The summed E-state index contributed by atoms with van der Waals surface area (Å²) in [5, 5.41) is 9.19. The molecule has 0 aliphatic heterocycles. The molecule has 1 saturated carbocycles. The van der Waals surface area contributed by atoms with Crippen molar-refractivity contribution >= 4 is 5.91 Å². The summed E-state index contributed by atoms with van der Waals surface area (Å²) in [5.74, 6) is -0.187. The van der Waals surface area contributed by atoms with E-state index in [1.165, 1.54) is 69.9 Å². The molecule has 1 aromatic heterocycles. The normalized spacial score (nSPS) is 18.9. The van der Waals surface area contributed by atoms with E-state index >= 15 is 0 Å². The van der Waals surface area contributed by atoms with Crippen LogP contribution in [0.15, 0.2) is 16.9 Å². The van der Waals surface area contributed by atoms with Gasteiger partial charge in [-0.2, -0.15) is 5.10 Å². The van der Waals surface area contributed by atoms with Crippen molar-refractivity contribution in [3.8, 4) is 0 Å². The summed E-state index contributed by atoms with van der Waals surface area (Å²) in [5.41, 5.74) is -0.00623. The lowest BCUT2D eigenvalue weighted by molar-refractivity contribution is 0.0925. The quantitative estimate of drug-likeness (QED) is 0.881. The first kappa shape index (κ1) is 16.7. The average molecular weight is 305 g/mol. The topological polar surface area (TPSA) is 74.8 Å². The second-order valence-corrected chi connectivity index (χ2v) is 6.24. The van der Waals surface area contributed by atoms with Gasteiger partial charge in [-0.05, 0) is 18.9 Å². The smallest absolute Gasteiger partial charge is 0.271 e. The van der Waals surface area contributed by atoms with Crippen LogP contribution in [0.4, 0.5) is 0 Å². The van der Waals surface area contributed by atoms with Gasteiger partial charge in [-0.1, -0.05) is 57.8 Å². The van der Waals surface area contributed by atoms with Crippen LogP contribution >= 0.6 is 0 Å². The average Bonchev–Trinajstić information content (AvgIpc) is 2.50. The number of nitrogens with zero attached hydrogens (tertiary/aromatic N) is 1. The molecule has 1 heterocycles. The second kappa shape index (κ2) is 9.38. The van der Waals surface area contributed by atoms with E-state index in [4.69, 9.17) is 0 Å². The molecule has 1 aliphatic carbocycles. The van der Waals surface area contributed by atoms with Crippen LogP contribution in [0.2, 0.25) is 0 Å². The molecular weight excluding hydrogens is 278 g/mol. The van der Waals surface area contributed by atoms with Gasteiger partial charge in [0.05, 0.1) is 0 Å². The molecule has 22 heavy (non-hydrogen) atoms. The van der Waals surface area contributed by atoms with Gasteiger partial charge in [0, 0.05) is 12.1 Å². The number of H-pyrrole nitrogens is 1. The van der Waals surface area contributed by atoms with Crippen LogP contribution in [-0.2, 0) is 0 Å². The van der Waals surface area contributed by atoms with E-state index in [2.05, 4.69) is 15.5 Å². The highest BCUT2D eigenvalue weighted by molar-refractivity contribution is 5.92. The minimum atomic E-state index is -0.289. The Hall–Kier alpha value is -1.65. The zero-order valence-electron chi connectivity index (χ0n) is 13.3. The number of hydrogen-bond donors (Lipinski definition) is 2. The first-order valence-corrected chi connectivity index (χ1v) is 8.62. The Labute approximate surface area is 131 Å². The molecule has 0 spiro atoms. The third-order valence-corrected chi connectivity index (χ3v) is 4.35. The zero-order valence-corrected chi connectivity index (χ0v) is 13.3. The molecule has 1 amide bonds. The van der Waals surface area contributed by atoms with Crippen LogP contribution in [0.3, 0.4) is 0 Å². The Morgan fingerprint density at radius 3 is 2.00 bits per heavy atom. The van der Waals surface area contributed by atoms with Crippen molar-refractivity contribution in [2.45, 2.75) is 76.7 Å². The van der Waals surface area contributed by atoms with E-state index < -0.39 is 0 Å². The summed E-state index contributed by atoms with van der Waals surface area (Å²) in [6.07, 6.45) is 13.6. The van der Waals surface area contributed by atoms with Gasteiger partial charge in [0.25, 0.3) is 11.5 Å². The lowest BCUT2D eigenvalue weighted by atomic mass is 9.98. The van der Waals surface area contributed by atoms with E-state index in [-0.39, 0.29) is 23.2 Å². The molecular formula is C17H27N3O2. The van der Waals surface area contributed by atoms with Crippen molar-refractivity contribution in [1.82, 2.24) is 15.5 Å².